The van der Waals surface area contributed by atoms with Gasteiger partial charge in [-0.3, -0.25) is 9.71 Å². The van der Waals surface area contributed by atoms with E-state index in [2.05, 4.69) is 9.71 Å². The predicted molar refractivity (Wildman–Crippen MR) is 84.4 cm³/mol. The van der Waals surface area contributed by atoms with E-state index in [4.69, 9.17) is 9.47 Å². The molecule has 2 aliphatic heterocycles. The van der Waals surface area contributed by atoms with Gasteiger partial charge in [-0.1, -0.05) is 18.2 Å². The van der Waals surface area contributed by atoms with Crippen LogP contribution in [0.4, 0.5) is 0 Å². The van der Waals surface area contributed by atoms with Crippen molar-refractivity contribution in [2.24, 2.45) is 4.99 Å². The molecule has 23 heavy (non-hydrogen) atoms. The maximum absolute atomic E-state index is 12.0. The highest BCUT2D eigenvalue weighted by Crippen LogP contribution is 2.31. The summed E-state index contributed by atoms with van der Waals surface area (Å²) in [5, 5.41) is 0. The molecule has 2 heterocycles. The lowest BCUT2D eigenvalue weighted by molar-refractivity contribution is 0.171. The quantitative estimate of drug-likeness (QED) is 0.909. The molecule has 0 bridgehead atoms. The first-order valence-electron chi connectivity index (χ1n) is 7.19. The number of hydrogen-bond donors (Lipinski definition) is 1. The average Bonchev–Trinajstić information content (AvgIpc) is 2.84. The monoisotopic (exact) mass is 330 g/mol. The molecular formula is C16H14N2O4S. The van der Waals surface area contributed by atoms with Crippen molar-refractivity contribution in [1.29, 1.82) is 0 Å². The molecule has 6 nitrogen and oxygen atoms in total. The van der Waals surface area contributed by atoms with Crippen molar-refractivity contribution in [2.45, 2.75) is 11.4 Å². The number of amidine groups is 1. The van der Waals surface area contributed by atoms with Crippen LogP contribution in [0.1, 0.15) is 11.1 Å². The largest absolute Gasteiger partial charge is 0.486 e. The van der Waals surface area contributed by atoms with Crippen LogP contribution in [-0.2, 0) is 16.6 Å². The van der Waals surface area contributed by atoms with Crippen LogP contribution in [0, 0.1) is 0 Å². The van der Waals surface area contributed by atoms with Crippen molar-refractivity contribution < 1.29 is 17.9 Å². The normalized spacial score (nSPS) is 19.2. The van der Waals surface area contributed by atoms with Gasteiger partial charge in [-0.2, -0.15) is 0 Å². The van der Waals surface area contributed by atoms with E-state index < -0.39 is 10.0 Å². The summed E-state index contributed by atoms with van der Waals surface area (Å²) in [6.45, 7) is 1.42. The van der Waals surface area contributed by atoms with E-state index in [0.29, 0.717) is 36.9 Å². The number of aliphatic imine (C=N–C) groups is 1. The zero-order valence-corrected chi connectivity index (χ0v) is 13.0. The first-order chi connectivity index (χ1) is 11.1. The number of sulfonamides is 1. The summed E-state index contributed by atoms with van der Waals surface area (Å²) >= 11 is 0. The van der Waals surface area contributed by atoms with Gasteiger partial charge in [0.05, 0.1) is 11.4 Å². The van der Waals surface area contributed by atoms with Gasteiger partial charge in [0.2, 0.25) is 0 Å². The van der Waals surface area contributed by atoms with Gasteiger partial charge in [0.25, 0.3) is 10.0 Å². The van der Waals surface area contributed by atoms with Gasteiger partial charge in [-0.15, -0.1) is 0 Å². The standard InChI is InChI=1S/C16H14N2O4S/c19-23(20)15-4-2-1-3-12(15)16(18-23)17-10-11-5-6-13-14(9-11)22-8-7-21-13/h1-6,9H,7-8,10H2,(H,17,18). The minimum absolute atomic E-state index is 0.265. The van der Waals surface area contributed by atoms with Crippen LogP contribution in [0.25, 0.3) is 0 Å². The lowest BCUT2D eigenvalue weighted by Crippen LogP contribution is -2.22. The highest BCUT2D eigenvalue weighted by molar-refractivity contribution is 7.90. The van der Waals surface area contributed by atoms with Crippen molar-refractivity contribution in [3.63, 3.8) is 0 Å². The molecule has 0 fully saturated rings. The zero-order valence-electron chi connectivity index (χ0n) is 12.2. The molecule has 0 spiro atoms. The molecule has 118 valence electrons. The van der Waals surface area contributed by atoms with E-state index >= 15 is 0 Å². The molecule has 0 unspecified atom stereocenters. The van der Waals surface area contributed by atoms with Crippen LogP contribution in [-0.4, -0.2) is 27.5 Å². The SMILES string of the molecule is O=S1(=O)NC(=NCc2ccc3c(c2)OCCO3)c2ccccc21. The number of nitrogens with one attached hydrogen (secondary N) is 1. The van der Waals surface area contributed by atoms with Gasteiger partial charge >= 0.3 is 0 Å². The minimum atomic E-state index is -3.50. The van der Waals surface area contributed by atoms with Crippen molar-refractivity contribution in [1.82, 2.24) is 4.72 Å². The van der Waals surface area contributed by atoms with Crippen LogP contribution in [0.15, 0.2) is 52.4 Å². The first-order valence-corrected chi connectivity index (χ1v) is 8.67. The fourth-order valence-electron chi connectivity index (χ4n) is 2.61. The van der Waals surface area contributed by atoms with Crippen molar-refractivity contribution in [3.05, 3.63) is 53.6 Å². The molecule has 0 saturated heterocycles. The van der Waals surface area contributed by atoms with Gasteiger partial charge in [0.15, 0.2) is 11.5 Å². The van der Waals surface area contributed by atoms with E-state index in [1.54, 1.807) is 24.3 Å². The second-order valence-electron chi connectivity index (χ2n) is 5.24. The number of ether oxygens (including phenoxy) is 2. The maximum Gasteiger partial charge on any atom is 0.263 e. The summed E-state index contributed by atoms with van der Waals surface area (Å²) in [5.41, 5.74) is 1.52. The van der Waals surface area contributed by atoms with E-state index in [-0.39, 0.29) is 4.90 Å². The molecule has 0 amide bonds. The fraction of sp³-hybridized carbons (Fsp3) is 0.188. The second-order valence-corrected chi connectivity index (χ2v) is 6.90. The van der Waals surface area contributed by atoms with Gasteiger partial charge < -0.3 is 9.47 Å². The Morgan fingerprint density at radius 1 is 1.04 bits per heavy atom. The number of hydrogen-bond acceptors (Lipinski definition) is 5. The summed E-state index contributed by atoms with van der Waals surface area (Å²) in [7, 11) is -3.50. The van der Waals surface area contributed by atoms with Crippen LogP contribution in [0.5, 0.6) is 11.5 Å². The minimum Gasteiger partial charge on any atom is -0.486 e. The summed E-state index contributed by atoms with van der Waals surface area (Å²) in [4.78, 5) is 4.67. The second kappa shape index (κ2) is 5.27. The van der Waals surface area contributed by atoms with Gasteiger partial charge in [0.1, 0.15) is 19.0 Å². The topological polar surface area (TPSA) is 77.0 Å². The zero-order chi connectivity index (χ0) is 15.9. The molecule has 0 aromatic heterocycles. The van der Waals surface area contributed by atoms with E-state index in [9.17, 15) is 8.42 Å². The van der Waals surface area contributed by atoms with Gasteiger partial charge in [0, 0.05) is 5.56 Å². The Labute approximate surface area is 133 Å². The third-order valence-electron chi connectivity index (χ3n) is 3.69. The maximum atomic E-state index is 12.0. The molecular weight excluding hydrogens is 316 g/mol. The predicted octanol–water partition coefficient (Wildman–Crippen LogP) is 1.70. The lowest BCUT2D eigenvalue weighted by Gasteiger charge is -2.18. The van der Waals surface area contributed by atoms with E-state index in [1.807, 2.05) is 18.2 Å². The number of nitrogens with zero attached hydrogens (tertiary/aromatic N) is 1. The van der Waals surface area contributed by atoms with E-state index in [1.165, 1.54) is 0 Å². The molecule has 2 aromatic carbocycles. The Hall–Kier alpha value is -2.54. The van der Waals surface area contributed by atoms with Crippen LogP contribution < -0.4 is 14.2 Å². The Balaban J connectivity index is 1.63. The molecule has 0 radical (unpaired) electrons. The van der Waals surface area contributed by atoms with Gasteiger partial charge in [-0.25, -0.2) is 8.42 Å². The number of rotatable bonds is 2. The third-order valence-corrected chi connectivity index (χ3v) is 5.09. The third kappa shape index (κ3) is 2.53. The molecule has 0 atom stereocenters. The Kier molecular flexibility index (Phi) is 3.23. The molecule has 0 saturated carbocycles. The average molecular weight is 330 g/mol. The van der Waals surface area contributed by atoms with Crippen LogP contribution in [0.3, 0.4) is 0 Å². The number of benzene rings is 2. The first kappa shape index (κ1) is 14.1. The summed E-state index contributed by atoms with van der Waals surface area (Å²) < 4.78 is 37.6. The summed E-state index contributed by atoms with van der Waals surface area (Å²) in [5.74, 6) is 1.79. The Bertz CT molecular complexity index is 906. The Morgan fingerprint density at radius 3 is 2.70 bits per heavy atom. The van der Waals surface area contributed by atoms with Gasteiger partial charge in [-0.05, 0) is 29.8 Å². The van der Waals surface area contributed by atoms with Crippen LogP contribution in [0.2, 0.25) is 0 Å². The molecule has 2 aliphatic rings. The molecule has 1 N–H and O–H groups in total. The Morgan fingerprint density at radius 2 is 1.83 bits per heavy atom. The number of fused-ring (bicyclic) bond motifs is 2. The summed E-state index contributed by atoms with van der Waals surface area (Å²) in [6, 6.07) is 12.4. The highest BCUT2D eigenvalue weighted by atomic mass is 32.2. The smallest absolute Gasteiger partial charge is 0.263 e. The van der Waals surface area contributed by atoms with Crippen LogP contribution >= 0.6 is 0 Å². The molecule has 4 rings (SSSR count). The highest BCUT2D eigenvalue weighted by Gasteiger charge is 2.29. The summed E-state index contributed by atoms with van der Waals surface area (Å²) in [6.07, 6.45) is 0. The molecule has 2 aromatic rings. The van der Waals surface area contributed by atoms with Crippen molar-refractivity contribution in [3.8, 4) is 11.5 Å². The van der Waals surface area contributed by atoms with Crippen molar-refractivity contribution in [2.75, 3.05) is 13.2 Å². The lowest BCUT2D eigenvalue weighted by atomic mass is 10.2. The molecule has 0 aliphatic carbocycles. The van der Waals surface area contributed by atoms with E-state index in [0.717, 1.165) is 11.3 Å². The molecule has 7 heteroatoms. The fourth-order valence-corrected chi connectivity index (χ4v) is 3.86. The van der Waals surface area contributed by atoms with Crippen molar-refractivity contribution >= 4 is 15.9 Å².